The van der Waals surface area contributed by atoms with Crippen molar-refractivity contribution in [2.45, 2.75) is 0 Å². The van der Waals surface area contributed by atoms with E-state index >= 15 is 0 Å². The summed E-state index contributed by atoms with van der Waals surface area (Å²) in [5.74, 6) is 2.23. The Balaban J connectivity index is 2.46. The minimum atomic E-state index is 0.558. The van der Waals surface area contributed by atoms with Gasteiger partial charge < -0.3 is 10.1 Å². The van der Waals surface area contributed by atoms with Crippen molar-refractivity contribution in [3.8, 4) is 5.75 Å². The van der Waals surface area contributed by atoms with Crippen LogP contribution < -0.4 is 10.1 Å². The third-order valence-corrected chi connectivity index (χ3v) is 2.55. The summed E-state index contributed by atoms with van der Waals surface area (Å²) >= 11 is 5.65. The molecule has 0 bridgehead atoms. The van der Waals surface area contributed by atoms with Crippen LogP contribution in [0.2, 0.25) is 0 Å². The number of halogens is 1. The molecular formula is C12H13ClN2O. The van der Waals surface area contributed by atoms with Crippen LogP contribution in [-0.2, 0) is 0 Å². The summed E-state index contributed by atoms with van der Waals surface area (Å²) in [5, 5.41) is 5.37. The van der Waals surface area contributed by atoms with Crippen molar-refractivity contribution in [2.75, 3.05) is 24.9 Å². The molecule has 1 N–H and O–H groups in total. The van der Waals surface area contributed by atoms with E-state index in [1.165, 1.54) is 0 Å². The smallest absolute Gasteiger partial charge is 0.133 e. The standard InChI is InChI=1S/C12H13ClN2O/c1-16-10-3-2-9-4-6-14-12(11(9)8-10)15-7-5-13/h2-4,6,8H,5,7H2,1H3,(H,14,15). The van der Waals surface area contributed by atoms with Crippen molar-refractivity contribution in [3.63, 3.8) is 0 Å². The largest absolute Gasteiger partial charge is 0.497 e. The summed E-state index contributed by atoms with van der Waals surface area (Å²) in [6.45, 7) is 0.699. The highest BCUT2D eigenvalue weighted by molar-refractivity contribution is 6.18. The molecule has 84 valence electrons. The molecule has 16 heavy (non-hydrogen) atoms. The summed E-state index contributed by atoms with van der Waals surface area (Å²) in [6.07, 6.45) is 1.78. The Bertz CT molecular complexity index is 487. The average Bonchev–Trinajstić information content (AvgIpc) is 2.35. The van der Waals surface area contributed by atoms with Crippen molar-refractivity contribution in [2.24, 2.45) is 0 Å². The number of ether oxygens (including phenoxy) is 1. The number of alkyl halides is 1. The monoisotopic (exact) mass is 236 g/mol. The molecule has 2 rings (SSSR count). The Labute approximate surface area is 99.4 Å². The summed E-state index contributed by atoms with van der Waals surface area (Å²) in [7, 11) is 1.66. The highest BCUT2D eigenvalue weighted by atomic mass is 35.5. The molecule has 0 aliphatic rings. The number of nitrogens with one attached hydrogen (secondary N) is 1. The van der Waals surface area contributed by atoms with Crippen LogP contribution in [0.4, 0.5) is 5.82 Å². The van der Waals surface area contributed by atoms with E-state index in [0.717, 1.165) is 22.3 Å². The van der Waals surface area contributed by atoms with Gasteiger partial charge in [0.2, 0.25) is 0 Å². The second-order valence-electron chi connectivity index (χ2n) is 3.36. The summed E-state index contributed by atoms with van der Waals surface area (Å²) in [6, 6.07) is 7.90. The van der Waals surface area contributed by atoms with E-state index in [4.69, 9.17) is 16.3 Å². The molecule has 0 radical (unpaired) electrons. The van der Waals surface area contributed by atoms with E-state index in [2.05, 4.69) is 10.3 Å². The van der Waals surface area contributed by atoms with Crippen LogP contribution in [0.25, 0.3) is 10.8 Å². The number of rotatable bonds is 4. The van der Waals surface area contributed by atoms with Crippen LogP contribution in [0, 0.1) is 0 Å². The molecule has 0 fully saturated rings. The van der Waals surface area contributed by atoms with Crippen molar-refractivity contribution in [1.29, 1.82) is 0 Å². The van der Waals surface area contributed by atoms with Gasteiger partial charge in [-0.2, -0.15) is 0 Å². The van der Waals surface area contributed by atoms with Gasteiger partial charge in [0.05, 0.1) is 7.11 Å². The number of pyridine rings is 1. The first-order valence-corrected chi connectivity index (χ1v) is 5.61. The van der Waals surface area contributed by atoms with Gasteiger partial charge in [-0.1, -0.05) is 6.07 Å². The first kappa shape index (κ1) is 11.0. The average molecular weight is 237 g/mol. The lowest BCUT2D eigenvalue weighted by Crippen LogP contribution is -2.04. The second kappa shape index (κ2) is 5.03. The Morgan fingerprint density at radius 3 is 3.00 bits per heavy atom. The Hall–Kier alpha value is -1.48. The summed E-state index contributed by atoms with van der Waals surface area (Å²) in [4.78, 5) is 4.29. The molecule has 4 heteroatoms. The highest BCUT2D eigenvalue weighted by Gasteiger charge is 2.02. The molecule has 0 aliphatic carbocycles. The van der Waals surface area contributed by atoms with Gasteiger partial charge in [-0.3, -0.25) is 0 Å². The molecule has 0 saturated carbocycles. The van der Waals surface area contributed by atoms with Crippen molar-refractivity contribution >= 4 is 28.2 Å². The number of fused-ring (bicyclic) bond motifs is 1. The van der Waals surface area contributed by atoms with Gasteiger partial charge in [0.1, 0.15) is 11.6 Å². The fourth-order valence-electron chi connectivity index (χ4n) is 1.58. The minimum absolute atomic E-state index is 0.558. The van der Waals surface area contributed by atoms with E-state index in [0.29, 0.717) is 12.4 Å². The van der Waals surface area contributed by atoms with E-state index in [9.17, 15) is 0 Å². The van der Waals surface area contributed by atoms with E-state index in [1.807, 2.05) is 24.3 Å². The van der Waals surface area contributed by atoms with E-state index < -0.39 is 0 Å². The van der Waals surface area contributed by atoms with Crippen molar-refractivity contribution in [3.05, 3.63) is 30.5 Å². The number of anilines is 1. The van der Waals surface area contributed by atoms with Gasteiger partial charge in [-0.25, -0.2) is 4.98 Å². The molecule has 0 spiro atoms. The van der Waals surface area contributed by atoms with Crippen LogP contribution in [0.1, 0.15) is 0 Å². The number of benzene rings is 1. The van der Waals surface area contributed by atoms with Crippen LogP contribution in [0.5, 0.6) is 5.75 Å². The first-order valence-electron chi connectivity index (χ1n) is 5.08. The zero-order valence-corrected chi connectivity index (χ0v) is 9.79. The number of hydrogen-bond acceptors (Lipinski definition) is 3. The predicted molar refractivity (Wildman–Crippen MR) is 67.5 cm³/mol. The van der Waals surface area contributed by atoms with E-state index in [-0.39, 0.29) is 0 Å². The molecule has 0 amide bonds. The fourth-order valence-corrected chi connectivity index (χ4v) is 1.68. The zero-order valence-electron chi connectivity index (χ0n) is 9.03. The van der Waals surface area contributed by atoms with Gasteiger partial charge in [-0.15, -0.1) is 11.6 Å². The Kier molecular flexibility index (Phi) is 3.47. The Morgan fingerprint density at radius 1 is 1.38 bits per heavy atom. The van der Waals surface area contributed by atoms with Crippen LogP contribution in [-0.4, -0.2) is 24.5 Å². The first-order chi connectivity index (χ1) is 7.85. The third kappa shape index (κ3) is 2.19. The minimum Gasteiger partial charge on any atom is -0.497 e. The van der Waals surface area contributed by atoms with Gasteiger partial charge in [0.25, 0.3) is 0 Å². The molecule has 0 saturated heterocycles. The quantitative estimate of drug-likeness (QED) is 0.829. The maximum Gasteiger partial charge on any atom is 0.133 e. The molecule has 3 nitrogen and oxygen atoms in total. The lowest BCUT2D eigenvalue weighted by molar-refractivity contribution is 0.415. The summed E-state index contributed by atoms with van der Waals surface area (Å²) in [5.41, 5.74) is 0. The number of aromatic nitrogens is 1. The molecule has 2 aromatic rings. The molecule has 0 atom stereocenters. The molecule has 1 heterocycles. The Morgan fingerprint density at radius 2 is 2.25 bits per heavy atom. The predicted octanol–water partition coefficient (Wildman–Crippen LogP) is 2.89. The summed E-state index contributed by atoms with van der Waals surface area (Å²) < 4.78 is 5.20. The fraction of sp³-hybridized carbons (Fsp3) is 0.250. The van der Waals surface area contributed by atoms with Crippen molar-refractivity contribution in [1.82, 2.24) is 4.98 Å². The van der Waals surface area contributed by atoms with E-state index in [1.54, 1.807) is 13.3 Å². The number of methoxy groups -OCH3 is 1. The second-order valence-corrected chi connectivity index (χ2v) is 3.74. The highest BCUT2D eigenvalue weighted by Crippen LogP contribution is 2.25. The maximum atomic E-state index is 5.65. The lowest BCUT2D eigenvalue weighted by atomic mass is 10.1. The third-order valence-electron chi connectivity index (χ3n) is 2.36. The van der Waals surface area contributed by atoms with Crippen LogP contribution >= 0.6 is 11.6 Å². The van der Waals surface area contributed by atoms with Crippen molar-refractivity contribution < 1.29 is 4.74 Å². The molecule has 1 aromatic carbocycles. The normalized spacial score (nSPS) is 10.4. The molecular weight excluding hydrogens is 224 g/mol. The lowest BCUT2D eigenvalue weighted by Gasteiger charge is -2.08. The van der Waals surface area contributed by atoms with Crippen LogP contribution in [0.15, 0.2) is 30.5 Å². The number of hydrogen-bond donors (Lipinski definition) is 1. The maximum absolute atomic E-state index is 5.65. The van der Waals surface area contributed by atoms with Crippen LogP contribution in [0.3, 0.4) is 0 Å². The van der Waals surface area contributed by atoms with Gasteiger partial charge >= 0.3 is 0 Å². The zero-order chi connectivity index (χ0) is 11.4. The number of nitrogens with zero attached hydrogens (tertiary/aromatic N) is 1. The topological polar surface area (TPSA) is 34.1 Å². The molecule has 1 aromatic heterocycles. The molecule has 0 aliphatic heterocycles. The van der Waals surface area contributed by atoms with Gasteiger partial charge in [0.15, 0.2) is 0 Å². The molecule has 0 unspecified atom stereocenters. The van der Waals surface area contributed by atoms with Gasteiger partial charge in [-0.05, 0) is 23.6 Å². The van der Waals surface area contributed by atoms with Gasteiger partial charge in [0, 0.05) is 24.0 Å². The SMILES string of the molecule is COc1ccc2ccnc(NCCCl)c2c1.